The molecule has 0 radical (unpaired) electrons. The van der Waals surface area contributed by atoms with Gasteiger partial charge in [-0.1, -0.05) is 13.8 Å². The minimum absolute atomic E-state index is 0.329. The third kappa shape index (κ3) is 3.86. The first-order valence-electron chi connectivity index (χ1n) is 9.27. The largest absolute Gasteiger partial charge is 0.353 e. The van der Waals surface area contributed by atoms with Crippen molar-refractivity contribution in [3.8, 4) is 11.3 Å². The monoisotopic (exact) mass is 361 g/mol. The average Bonchev–Trinajstić information content (AvgIpc) is 2.75. The molecule has 1 fully saturated rings. The fraction of sp³-hybridized carbons (Fsp3) is 0.350. The van der Waals surface area contributed by atoms with Gasteiger partial charge in [-0.3, -0.25) is 4.98 Å². The molecule has 0 aromatic carbocycles. The standard InChI is InChI=1S/C20H23N7/c1-15(2)19-22-9-6-18(25-19)26-10-12-27(13-11-26)20-23-8-5-17(24-20)16-4-3-7-21-14-16/h3-9,14-15H,10-13H2,1-2H3. The molecule has 0 spiro atoms. The van der Waals surface area contributed by atoms with E-state index in [1.165, 1.54) is 0 Å². The van der Waals surface area contributed by atoms with Crippen molar-refractivity contribution in [2.75, 3.05) is 36.0 Å². The molecule has 0 amide bonds. The highest BCUT2D eigenvalue weighted by molar-refractivity contribution is 5.59. The lowest BCUT2D eigenvalue weighted by Gasteiger charge is -2.35. The minimum Gasteiger partial charge on any atom is -0.353 e. The normalized spacial score (nSPS) is 14.6. The molecule has 0 unspecified atom stereocenters. The number of pyridine rings is 1. The minimum atomic E-state index is 0.329. The summed E-state index contributed by atoms with van der Waals surface area (Å²) in [5, 5.41) is 0. The van der Waals surface area contributed by atoms with Crippen molar-refractivity contribution in [2.24, 2.45) is 0 Å². The molecule has 0 bridgehead atoms. The molecule has 4 rings (SSSR count). The third-order valence-corrected chi connectivity index (χ3v) is 4.66. The number of anilines is 2. The van der Waals surface area contributed by atoms with E-state index in [0.29, 0.717) is 5.92 Å². The average molecular weight is 361 g/mol. The highest BCUT2D eigenvalue weighted by Gasteiger charge is 2.21. The van der Waals surface area contributed by atoms with Gasteiger partial charge in [-0.15, -0.1) is 0 Å². The first-order chi connectivity index (χ1) is 13.2. The maximum atomic E-state index is 4.73. The van der Waals surface area contributed by atoms with Gasteiger partial charge in [0, 0.05) is 62.4 Å². The molecule has 0 saturated carbocycles. The zero-order valence-electron chi connectivity index (χ0n) is 15.7. The van der Waals surface area contributed by atoms with Crippen molar-refractivity contribution < 1.29 is 0 Å². The first kappa shape index (κ1) is 17.3. The Morgan fingerprint density at radius 1 is 0.852 bits per heavy atom. The van der Waals surface area contributed by atoms with Crippen molar-refractivity contribution in [3.63, 3.8) is 0 Å². The molecular formula is C20H23N7. The Labute approximate surface area is 159 Å². The SMILES string of the molecule is CC(C)c1nccc(N2CCN(c3nccc(-c4cccnc4)n3)CC2)n1. The molecule has 7 nitrogen and oxygen atoms in total. The second-order valence-electron chi connectivity index (χ2n) is 6.89. The van der Waals surface area contributed by atoms with Gasteiger partial charge in [0.2, 0.25) is 5.95 Å². The number of piperazine rings is 1. The summed E-state index contributed by atoms with van der Waals surface area (Å²) >= 11 is 0. The van der Waals surface area contributed by atoms with E-state index < -0.39 is 0 Å². The van der Waals surface area contributed by atoms with Gasteiger partial charge in [0.05, 0.1) is 5.69 Å². The Morgan fingerprint density at radius 2 is 1.63 bits per heavy atom. The Kier molecular flexibility index (Phi) is 4.91. The molecule has 138 valence electrons. The Bertz CT molecular complexity index is 890. The zero-order chi connectivity index (χ0) is 18.6. The van der Waals surface area contributed by atoms with Crippen molar-refractivity contribution in [3.05, 3.63) is 54.9 Å². The molecular weight excluding hydrogens is 338 g/mol. The Hall–Kier alpha value is -3.09. The molecule has 0 aliphatic carbocycles. The van der Waals surface area contributed by atoms with Gasteiger partial charge in [-0.2, -0.15) is 0 Å². The molecule has 0 atom stereocenters. The lowest BCUT2D eigenvalue weighted by molar-refractivity contribution is 0.630. The lowest BCUT2D eigenvalue weighted by Crippen LogP contribution is -2.47. The van der Waals surface area contributed by atoms with Crippen LogP contribution in [0.25, 0.3) is 11.3 Å². The summed E-state index contributed by atoms with van der Waals surface area (Å²) < 4.78 is 0. The third-order valence-electron chi connectivity index (χ3n) is 4.66. The van der Waals surface area contributed by atoms with E-state index in [2.05, 4.69) is 38.6 Å². The molecule has 3 aromatic rings. The van der Waals surface area contributed by atoms with E-state index in [1.807, 2.05) is 42.9 Å². The fourth-order valence-corrected chi connectivity index (χ4v) is 3.13. The highest BCUT2D eigenvalue weighted by Crippen LogP contribution is 2.21. The number of hydrogen-bond donors (Lipinski definition) is 0. The molecule has 1 saturated heterocycles. The van der Waals surface area contributed by atoms with Crippen molar-refractivity contribution in [1.82, 2.24) is 24.9 Å². The van der Waals surface area contributed by atoms with E-state index in [-0.39, 0.29) is 0 Å². The molecule has 1 aliphatic heterocycles. The van der Waals surface area contributed by atoms with E-state index in [9.17, 15) is 0 Å². The summed E-state index contributed by atoms with van der Waals surface area (Å²) in [5.74, 6) is 2.98. The van der Waals surface area contributed by atoms with Crippen molar-refractivity contribution in [1.29, 1.82) is 0 Å². The van der Waals surface area contributed by atoms with Gasteiger partial charge in [0.15, 0.2) is 0 Å². The number of hydrogen-bond acceptors (Lipinski definition) is 7. The fourth-order valence-electron chi connectivity index (χ4n) is 3.13. The van der Waals surface area contributed by atoms with Crippen LogP contribution in [0, 0.1) is 0 Å². The number of rotatable bonds is 4. The van der Waals surface area contributed by atoms with Gasteiger partial charge in [-0.05, 0) is 24.3 Å². The maximum absolute atomic E-state index is 4.73. The molecule has 0 N–H and O–H groups in total. The topological polar surface area (TPSA) is 70.9 Å². The molecule has 4 heterocycles. The lowest BCUT2D eigenvalue weighted by atomic mass is 10.2. The van der Waals surface area contributed by atoms with Crippen LogP contribution in [0.15, 0.2) is 49.1 Å². The molecule has 7 heteroatoms. The van der Waals surface area contributed by atoms with Gasteiger partial charge in [0.1, 0.15) is 11.6 Å². The van der Waals surface area contributed by atoms with E-state index in [4.69, 9.17) is 9.97 Å². The molecule has 1 aliphatic rings. The highest BCUT2D eigenvalue weighted by atomic mass is 15.3. The predicted molar refractivity (Wildman–Crippen MR) is 106 cm³/mol. The Balaban J connectivity index is 1.46. The van der Waals surface area contributed by atoms with Gasteiger partial charge in [-0.25, -0.2) is 19.9 Å². The zero-order valence-corrected chi connectivity index (χ0v) is 15.7. The van der Waals surface area contributed by atoms with Gasteiger partial charge < -0.3 is 9.80 Å². The quantitative estimate of drug-likeness (QED) is 0.707. The second-order valence-corrected chi connectivity index (χ2v) is 6.89. The van der Waals surface area contributed by atoms with Crippen LogP contribution >= 0.6 is 0 Å². The maximum Gasteiger partial charge on any atom is 0.225 e. The summed E-state index contributed by atoms with van der Waals surface area (Å²) in [6.07, 6.45) is 7.26. The number of aromatic nitrogens is 5. The second kappa shape index (κ2) is 7.65. The summed E-state index contributed by atoms with van der Waals surface area (Å²) in [4.78, 5) is 27.0. The number of nitrogens with zero attached hydrogens (tertiary/aromatic N) is 7. The van der Waals surface area contributed by atoms with Gasteiger partial charge in [0.25, 0.3) is 0 Å². The van der Waals surface area contributed by atoms with Crippen LogP contribution < -0.4 is 9.80 Å². The summed E-state index contributed by atoms with van der Waals surface area (Å²) in [5.41, 5.74) is 1.90. The summed E-state index contributed by atoms with van der Waals surface area (Å²) in [6.45, 7) is 7.71. The Morgan fingerprint density at radius 3 is 2.37 bits per heavy atom. The molecule has 3 aromatic heterocycles. The summed E-state index contributed by atoms with van der Waals surface area (Å²) in [7, 11) is 0. The van der Waals surface area contributed by atoms with Crippen LogP contribution in [-0.2, 0) is 0 Å². The summed E-state index contributed by atoms with van der Waals surface area (Å²) in [6, 6.07) is 7.84. The van der Waals surface area contributed by atoms with E-state index >= 15 is 0 Å². The molecule has 27 heavy (non-hydrogen) atoms. The van der Waals surface area contributed by atoms with E-state index in [0.717, 1.165) is 55.0 Å². The van der Waals surface area contributed by atoms with Crippen LogP contribution in [0.4, 0.5) is 11.8 Å². The van der Waals surface area contributed by atoms with Crippen LogP contribution in [0.2, 0.25) is 0 Å². The smallest absolute Gasteiger partial charge is 0.225 e. The van der Waals surface area contributed by atoms with Crippen LogP contribution in [0.3, 0.4) is 0 Å². The van der Waals surface area contributed by atoms with Gasteiger partial charge >= 0.3 is 0 Å². The van der Waals surface area contributed by atoms with Crippen molar-refractivity contribution in [2.45, 2.75) is 19.8 Å². The van der Waals surface area contributed by atoms with Crippen LogP contribution in [0.1, 0.15) is 25.6 Å². The van der Waals surface area contributed by atoms with Crippen molar-refractivity contribution >= 4 is 11.8 Å². The first-order valence-corrected chi connectivity index (χ1v) is 9.27. The van der Waals surface area contributed by atoms with Crippen LogP contribution in [-0.4, -0.2) is 51.1 Å². The predicted octanol–water partition coefficient (Wildman–Crippen LogP) is 2.78. The van der Waals surface area contributed by atoms with Crippen LogP contribution in [0.5, 0.6) is 0 Å². The van der Waals surface area contributed by atoms with E-state index in [1.54, 1.807) is 6.20 Å².